The molecule has 3 aromatic heterocycles. The van der Waals surface area contributed by atoms with E-state index in [1.54, 1.807) is 11.3 Å². The van der Waals surface area contributed by atoms with Crippen LogP contribution in [-0.4, -0.2) is 9.61 Å². The van der Waals surface area contributed by atoms with Crippen molar-refractivity contribution >= 4 is 37.8 Å². The molecule has 0 radical (unpaired) electrons. The lowest BCUT2D eigenvalue weighted by molar-refractivity contribution is 0.997. The number of benzene rings is 2. The number of rotatable bonds is 1. The van der Waals surface area contributed by atoms with Crippen molar-refractivity contribution in [3.8, 4) is 11.3 Å². The number of pyridine rings is 1. The van der Waals surface area contributed by atoms with Crippen LogP contribution in [0.4, 0.5) is 0 Å². The van der Waals surface area contributed by atoms with E-state index in [0.717, 1.165) is 11.2 Å². The molecule has 0 aliphatic rings. The molecule has 5 rings (SSSR count). The Balaban J connectivity index is 2.05. The zero-order chi connectivity index (χ0) is 14.5. The van der Waals surface area contributed by atoms with Gasteiger partial charge >= 0.3 is 0 Å². The summed E-state index contributed by atoms with van der Waals surface area (Å²) in [5.74, 6) is 0. The van der Waals surface area contributed by atoms with Gasteiger partial charge in [-0.25, -0.2) is 4.52 Å². The second-order valence-electron chi connectivity index (χ2n) is 5.37. The molecule has 5 aromatic rings. The molecule has 3 heteroatoms. The highest BCUT2D eigenvalue weighted by Crippen LogP contribution is 2.34. The molecule has 0 saturated carbocycles. The quantitative estimate of drug-likeness (QED) is 0.407. The maximum Gasteiger partial charge on any atom is 0.0934 e. The average molecular weight is 300 g/mol. The molecule has 0 aliphatic carbocycles. The number of thiophene rings is 1. The van der Waals surface area contributed by atoms with Crippen molar-refractivity contribution in [3.63, 3.8) is 0 Å². The van der Waals surface area contributed by atoms with E-state index in [1.807, 2.05) is 12.1 Å². The first-order chi connectivity index (χ1) is 10.9. The van der Waals surface area contributed by atoms with E-state index in [-0.39, 0.29) is 0 Å². The molecule has 2 nitrogen and oxygen atoms in total. The van der Waals surface area contributed by atoms with E-state index in [9.17, 15) is 0 Å². The van der Waals surface area contributed by atoms with Crippen molar-refractivity contribution in [3.05, 3.63) is 72.1 Å². The Bertz CT molecular complexity index is 1120. The lowest BCUT2D eigenvalue weighted by Gasteiger charge is -2.06. The summed E-state index contributed by atoms with van der Waals surface area (Å²) < 4.78 is 3.40. The molecule has 0 fully saturated rings. The third kappa shape index (κ3) is 1.57. The second kappa shape index (κ2) is 4.42. The monoisotopic (exact) mass is 300 g/mol. The molecule has 0 saturated heterocycles. The first kappa shape index (κ1) is 12.0. The first-order valence-corrected chi connectivity index (χ1v) is 8.13. The Morgan fingerprint density at radius 3 is 2.55 bits per heavy atom. The zero-order valence-corrected chi connectivity index (χ0v) is 12.5. The van der Waals surface area contributed by atoms with Gasteiger partial charge in [0.15, 0.2) is 0 Å². The fourth-order valence-corrected chi connectivity index (χ4v) is 3.92. The summed E-state index contributed by atoms with van der Waals surface area (Å²) in [5.41, 5.74) is 4.57. The molecule has 22 heavy (non-hydrogen) atoms. The van der Waals surface area contributed by atoms with Crippen LogP contribution in [0.3, 0.4) is 0 Å². The van der Waals surface area contributed by atoms with Gasteiger partial charge in [0.05, 0.1) is 16.7 Å². The predicted molar refractivity (Wildman–Crippen MR) is 93.5 cm³/mol. The zero-order valence-electron chi connectivity index (χ0n) is 11.7. The summed E-state index contributed by atoms with van der Waals surface area (Å²) in [4.78, 5) is 0. The lowest BCUT2D eigenvalue weighted by Crippen LogP contribution is -1.93. The largest absolute Gasteiger partial charge is 0.231 e. The van der Waals surface area contributed by atoms with E-state index in [2.05, 4.69) is 64.5 Å². The SMILES string of the molecule is c1ccc(-c2cc3sccc3c3c4ccccc4nn23)cc1. The summed E-state index contributed by atoms with van der Waals surface area (Å²) in [6.45, 7) is 0. The third-order valence-electron chi connectivity index (χ3n) is 4.09. The van der Waals surface area contributed by atoms with E-state index in [1.165, 1.54) is 26.6 Å². The van der Waals surface area contributed by atoms with Crippen molar-refractivity contribution in [1.29, 1.82) is 0 Å². The summed E-state index contributed by atoms with van der Waals surface area (Å²) >= 11 is 1.78. The minimum absolute atomic E-state index is 1.04. The van der Waals surface area contributed by atoms with Crippen molar-refractivity contribution in [2.24, 2.45) is 0 Å². The Morgan fingerprint density at radius 2 is 1.64 bits per heavy atom. The number of hydrogen-bond donors (Lipinski definition) is 0. The van der Waals surface area contributed by atoms with Crippen LogP contribution in [0.25, 0.3) is 37.8 Å². The van der Waals surface area contributed by atoms with Gasteiger partial charge in [0.1, 0.15) is 0 Å². The number of nitrogens with zero attached hydrogens (tertiary/aromatic N) is 2. The summed E-state index contributed by atoms with van der Waals surface area (Å²) in [6, 6.07) is 23.3. The highest BCUT2D eigenvalue weighted by Gasteiger charge is 2.14. The van der Waals surface area contributed by atoms with Crippen LogP contribution in [0, 0.1) is 0 Å². The number of aromatic nitrogens is 2. The molecule has 0 unspecified atom stereocenters. The Morgan fingerprint density at radius 1 is 0.818 bits per heavy atom. The van der Waals surface area contributed by atoms with Gasteiger partial charge in [0, 0.05) is 21.0 Å². The molecule has 0 bridgehead atoms. The number of fused-ring (bicyclic) bond motifs is 5. The average Bonchev–Trinajstić information content (AvgIpc) is 3.18. The van der Waals surface area contributed by atoms with Crippen molar-refractivity contribution in [2.75, 3.05) is 0 Å². The highest BCUT2D eigenvalue weighted by atomic mass is 32.1. The maximum absolute atomic E-state index is 4.84. The molecule has 0 atom stereocenters. The van der Waals surface area contributed by atoms with Gasteiger partial charge in [0.2, 0.25) is 0 Å². The lowest BCUT2D eigenvalue weighted by atomic mass is 10.1. The van der Waals surface area contributed by atoms with E-state index in [0.29, 0.717) is 0 Å². The van der Waals surface area contributed by atoms with Crippen LogP contribution >= 0.6 is 11.3 Å². The molecule has 0 aliphatic heterocycles. The predicted octanol–water partition coefficient (Wildman–Crippen LogP) is 5.37. The molecule has 2 aromatic carbocycles. The maximum atomic E-state index is 4.84. The van der Waals surface area contributed by atoms with Crippen LogP contribution in [-0.2, 0) is 0 Å². The van der Waals surface area contributed by atoms with Crippen LogP contribution in [0.2, 0.25) is 0 Å². The van der Waals surface area contributed by atoms with Crippen LogP contribution in [0.15, 0.2) is 72.1 Å². The molecule has 0 amide bonds. The van der Waals surface area contributed by atoms with Crippen molar-refractivity contribution < 1.29 is 0 Å². The fraction of sp³-hybridized carbons (Fsp3) is 0. The van der Waals surface area contributed by atoms with Gasteiger partial charge in [-0.15, -0.1) is 11.3 Å². The second-order valence-corrected chi connectivity index (χ2v) is 6.32. The fourth-order valence-electron chi connectivity index (χ4n) is 3.09. The first-order valence-electron chi connectivity index (χ1n) is 7.25. The van der Waals surface area contributed by atoms with Gasteiger partial charge in [0.25, 0.3) is 0 Å². The van der Waals surface area contributed by atoms with E-state index >= 15 is 0 Å². The third-order valence-corrected chi connectivity index (χ3v) is 4.96. The molecule has 104 valence electrons. The minimum atomic E-state index is 1.04. The minimum Gasteiger partial charge on any atom is -0.231 e. The van der Waals surface area contributed by atoms with Crippen molar-refractivity contribution in [2.45, 2.75) is 0 Å². The number of hydrogen-bond acceptors (Lipinski definition) is 2. The normalized spacial score (nSPS) is 11.6. The van der Waals surface area contributed by atoms with Crippen LogP contribution in [0.1, 0.15) is 0 Å². The van der Waals surface area contributed by atoms with Gasteiger partial charge < -0.3 is 0 Å². The Labute approximate surface area is 131 Å². The molecule has 3 heterocycles. The van der Waals surface area contributed by atoms with Crippen molar-refractivity contribution in [1.82, 2.24) is 9.61 Å². The molecular formula is C19H12N2S. The van der Waals surface area contributed by atoms with E-state index in [4.69, 9.17) is 5.10 Å². The molecular weight excluding hydrogens is 288 g/mol. The van der Waals surface area contributed by atoms with Gasteiger partial charge in [-0.05, 0) is 23.6 Å². The topological polar surface area (TPSA) is 17.3 Å². The highest BCUT2D eigenvalue weighted by molar-refractivity contribution is 7.17. The van der Waals surface area contributed by atoms with Crippen LogP contribution < -0.4 is 0 Å². The molecule has 0 N–H and O–H groups in total. The summed E-state index contributed by atoms with van der Waals surface area (Å²) in [6.07, 6.45) is 0. The van der Waals surface area contributed by atoms with Gasteiger partial charge in [-0.1, -0.05) is 48.5 Å². The Hall–Kier alpha value is -2.65. The molecule has 0 spiro atoms. The van der Waals surface area contributed by atoms with Gasteiger partial charge in [-0.3, -0.25) is 0 Å². The van der Waals surface area contributed by atoms with E-state index < -0.39 is 0 Å². The Kier molecular flexibility index (Phi) is 2.40. The smallest absolute Gasteiger partial charge is 0.0934 e. The summed E-state index contributed by atoms with van der Waals surface area (Å²) in [7, 11) is 0. The standard InChI is InChI=1S/C19H12N2S/c1-2-6-13(7-3-1)17-12-18-15(10-11-22-18)19-14-8-4-5-9-16(14)20-21(17)19/h1-12H. The summed E-state index contributed by atoms with van der Waals surface area (Å²) in [5, 5.41) is 9.48. The van der Waals surface area contributed by atoms with Crippen LogP contribution in [0.5, 0.6) is 0 Å². The van der Waals surface area contributed by atoms with Gasteiger partial charge in [-0.2, -0.15) is 5.10 Å².